The van der Waals surface area contributed by atoms with Crippen LogP contribution in [-0.2, 0) is 16.1 Å². The second-order valence-electron chi connectivity index (χ2n) is 6.60. The van der Waals surface area contributed by atoms with Crippen LogP contribution in [0.25, 0.3) is 0 Å². The molecule has 28 heavy (non-hydrogen) atoms. The van der Waals surface area contributed by atoms with E-state index in [1.807, 2.05) is 50.2 Å². The molecule has 0 aliphatic carbocycles. The van der Waals surface area contributed by atoms with E-state index in [-0.39, 0.29) is 18.4 Å². The molecule has 0 aromatic heterocycles. The highest BCUT2D eigenvalue weighted by atomic mass is 79.9. The molecule has 0 aliphatic rings. The zero-order valence-corrected chi connectivity index (χ0v) is 19.6. The topological polar surface area (TPSA) is 58.6 Å². The Morgan fingerprint density at radius 1 is 1.14 bits per heavy atom. The van der Waals surface area contributed by atoms with Gasteiger partial charge in [0.15, 0.2) is 6.61 Å². The van der Waals surface area contributed by atoms with E-state index in [4.69, 9.17) is 4.74 Å². The van der Waals surface area contributed by atoms with Crippen molar-refractivity contribution in [3.05, 3.63) is 62.0 Å². The molecule has 5 nitrogen and oxygen atoms in total. The van der Waals surface area contributed by atoms with Crippen LogP contribution in [0.15, 0.2) is 45.3 Å². The minimum atomic E-state index is -0.617. The highest BCUT2D eigenvalue weighted by Gasteiger charge is 2.26. The van der Waals surface area contributed by atoms with Crippen molar-refractivity contribution >= 4 is 43.7 Å². The SMILES string of the molecule is CNC(=O)[C@H](C)N(Cc1cccc(Br)c1)C(=O)COc1cc(C)c(Br)c(C)c1. The Bertz CT molecular complexity index is 847. The van der Waals surface area contributed by atoms with Gasteiger partial charge in [0.25, 0.3) is 5.91 Å². The molecule has 0 bridgehead atoms. The van der Waals surface area contributed by atoms with Crippen molar-refractivity contribution in [1.82, 2.24) is 10.2 Å². The lowest BCUT2D eigenvalue weighted by Gasteiger charge is -2.28. The average molecular weight is 512 g/mol. The average Bonchev–Trinajstić information content (AvgIpc) is 2.67. The first-order chi connectivity index (χ1) is 13.2. The molecule has 1 N–H and O–H groups in total. The molecule has 0 saturated heterocycles. The largest absolute Gasteiger partial charge is 0.484 e. The fourth-order valence-electron chi connectivity index (χ4n) is 2.84. The van der Waals surface area contributed by atoms with Gasteiger partial charge in [0.05, 0.1) is 0 Å². The van der Waals surface area contributed by atoms with Gasteiger partial charge in [-0.3, -0.25) is 9.59 Å². The van der Waals surface area contributed by atoms with Gasteiger partial charge in [-0.05, 0) is 61.7 Å². The first-order valence-electron chi connectivity index (χ1n) is 8.88. The predicted octanol–water partition coefficient (Wildman–Crippen LogP) is 4.37. The molecule has 0 heterocycles. The van der Waals surface area contributed by atoms with Crippen molar-refractivity contribution in [3.8, 4) is 5.75 Å². The Labute approximate surface area is 182 Å². The van der Waals surface area contributed by atoms with Gasteiger partial charge in [-0.1, -0.05) is 44.0 Å². The van der Waals surface area contributed by atoms with E-state index >= 15 is 0 Å². The number of carbonyl (C=O) groups is 2. The number of ether oxygens (including phenoxy) is 1. The molecule has 0 fully saturated rings. The molecule has 0 saturated carbocycles. The van der Waals surface area contributed by atoms with Gasteiger partial charge in [-0.15, -0.1) is 0 Å². The summed E-state index contributed by atoms with van der Waals surface area (Å²) in [7, 11) is 1.56. The van der Waals surface area contributed by atoms with Crippen LogP contribution in [0.3, 0.4) is 0 Å². The highest BCUT2D eigenvalue weighted by molar-refractivity contribution is 9.10. The number of amides is 2. The third-order valence-electron chi connectivity index (χ3n) is 4.43. The molecule has 2 aromatic carbocycles. The van der Waals surface area contributed by atoms with Gasteiger partial charge in [0, 0.05) is 22.5 Å². The first-order valence-corrected chi connectivity index (χ1v) is 10.5. The zero-order valence-electron chi connectivity index (χ0n) is 16.4. The Hall–Kier alpha value is -1.86. The quantitative estimate of drug-likeness (QED) is 0.600. The van der Waals surface area contributed by atoms with E-state index < -0.39 is 6.04 Å². The molecular formula is C21H24Br2N2O3. The number of benzene rings is 2. The lowest BCUT2D eigenvalue weighted by Crippen LogP contribution is -2.48. The lowest BCUT2D eigenvalue weighted by molar-refractivity contribution is -0.142. The van der Waals surface area contributed by atoms with Crippen LogP contribution in [0.2, 0.25) is 0 Å². The van der Waals surface area contributed by atoms with Gasteiger partial charge in [-0.2, -0.15) is 0 Å². The van der Waals surface area contributed by atoms with Crippen molar-refractivity contribution in [3.63, 3.8) is 0 Å². The van der Waals surface area contributed by atoms with Gasteiger partial charge in [-0.25, -0.2) is 0 Å². The first kappa shape index (κ1) is 22.4. The summed E-state index contributed by atoms with van der Waals surface area (Å²) in [5.74, 6) is 0.148. The number of likely N-dealkylation sites (N-methyl/N-ethyl adjacent to an activating group) is 1. The molecule has 7 heteroatoms. The number of nitrogens with zero attached hydrogens (tertiary/aromatic N) is 1. The number of rotatable bonds is 7. The van der Waals surface area contributed by atoms with Gasteiger partial charge in [0.2, 0.25) is 5.91 Å². The Balaban J connectivity index is 2.17. The summed E-state index contributed by atoms with van der Waals surface area (Å²) < 4.78 is 7.68. The predicted molar refractivity (Wildman–Crippen MR) is 117 cm³/mol. The third-order valence-corrected chi connectivity index (χ3v) is 6.17. The molecule has 150 valence electrons. The second-order valence-corrected chi connectivity index (χ2v) is 8.31. The standard InChI is InChI=1S/C21H24Br2N2O3/c1-13-8-18(9-14(2)20(13)23)28-12-19(26)25(15(3)21(27)24-4)11-16-6-5-7-17(22)10-16/h5-10,15H,11-12H2,1-4H3,(H,24,27)/t15-/m0/s1. The molecule has 1 atom stereocenters. The van der Waals surface area contributed by atoms with Crippen molar-refractivity contribution in [2.45, 2.75) is 33.4 Å². The van der Waals surface area contributed by atoms with E-state index in [1.54, 1.807) is 14.0 Å². The Kier molecular flexibility index (Phi) is 8.07. The van der Waals surface area contributed by atoms with Crippen molar-refractivity contribution in [1.29, 1.82) is 0 Å². The number of hydrogen-bond donors (Lipinski definition) is 1. The summed E-state index contributed by atoms with van der Waals surface area (Å²) in [4.78, 5) is 26.6. The van der Waals surface area contributed by atoms with Crippen LogP contribution < -0.4 is 10.1 Å². The number of carbonyl (C=O) groups excluding carboxylic acids is 2. The number of hydrogen-bond acceptors (Lipinski definition) is 3. The van der Waals surface area contributed by atoms with Crippen molar-refractivity contribution < 1.29 is 14.3 Å². The van der Waals surface area contributed by atoms with Crippen LogP contribution in [0.5, 0.6) is 5.75 Å². The second kappa shape index (κ2) is 10.1. The molecule has 0 radical (unpaired) electrons. The normalized spacial score (nSPS) is 11.6. The lowest BCUT2D eigenvalue weighted by atomic mass is 10.1. The minimum Gasteiger partial charge on any atom is -0.484 e. The summed E-state index contributed by atoms with van der Waals surface area (Å²) in [6, 6.07) is 10.8. The van der Waals surface area contributed by atoms with Crippen LogP contribution in [-0.4, -0.2) is 36.4 Å². The molecule has 2 amide bonds. The minimum absolute atomic E-state index is 0.143. The summed E-state index contributed by atoms with van der Waals surface area (Å²) in [5, 5.41) is 2.60. The molecule has 2 rings (SSSR count). The maximum absolute atomic E-state index is 12.9. The van der Waals surface area contributed by atoms with E-state index in [2.05, 4.69) is 37.2 Å². The molecule has 0 spiro atoms. The molecule has 2 aromatic rings. The van der Waals surface area contributed by atoms with Gasteiger partial charge >= 0.3 is 0 Å². The number of halogens is 2. The van der Waals surface area contributed by atoms with Crippen LogP contribution in [0, 0.1) is 13.8 Å². The molecular weight excluding hydrogens is 488 g/mol. The fraction of sp³-hybridized carbons (Fsp3) is 0.333. The fourth-order valence-corrected chi connectivity index (χ4v) is 3.52. The van der Waals surface area contributed by atoms with Crippen LogP contribution >= 0.6 is 31.9 Å². The van der Waals surface area contributed by atoms with Gasteiger partial charge < -0.3 is 15.0 Å². The third kappa shape index (κ3) is 5.82. The zero-order chi connectivity index (χ0) is 20.8. The monoisotopic (exact) mass is 510 g/mol. The van der Waals surface area contributed by atoms with E-state index in [0.717, 1.165) is 25.6 Å². The smallest absolute Gasteiger partial charge is 0.261 e. The summed E-state index contributed by atoms with van der Waals surface area (Å²) in [5.41, 5.74) is 2.99. The molecule has 0 unspecified atom stereocenters. The van der Waals surface area contributed by atoms with E-state index in [0.29, 0.717) is 12.3 Å². The maximum atomic E-state index is 12.9. The number of nitrogens with one attached hydrogen (secondary N) is 1. The maximum Gasteiger partial charge on any atom is 0.261 e. The molecule has 0 aliphatic heterocycles. The Morgan fingerprint density at radius 3 is 2.36 bits per heavy atom. The van der Waals surface area contributed by atoms with Gasteiger partial charge in [0.1, 0.15) is 11.8 Å². The van der Waals surface area contributed by atoms with Crippen LogP contribution in [0.4, 0.5) is 0 Å². The van der Waals surface area contributed by atoms with Crippen molar-refractivity contribution in [2.24, 2.45) is 0 Å². The highest BCUT2D eigenvalue weighted by Crippen LogP contribution is 2.26. The van der Waals surface area contributed by atoms with E-state index in [9.17, 15) is 9.59 Å². The summed E-state index contributed by atoms with van der Waals surface area (Å²) in [6.45, 7) is 5.82. The van der Waals surface area contributed by atoms with Crippen LogP contribution in [0.1, 0.15) is 23.6 Å². The number of aryl methyl sites for hydroxylation is 2. The summed E-state index contributed by atoms with van der Waals surface area (Å²) in [6.07, 6.45) is 0. The Morgan fingerprint density at radius 2 is 1.79 bits per heavy atom. The van der Waals surface area contributed by atoms with E-state index in [1.165, 1.54) is 4.90 Å². The summed E-state index contributed by atoms with van der Waals surface area (Å²) >= 11 is 6.96. The van der Waals surface area contributed by atoms with Crippen molar-refractivity contribution in [2.75, 3.05) is 13.7 Å².